The van der Waals surface area contributed by atoms with Crippen LogP contribution in [0.4, 0.5) is 11.4 Å². The Kier molecular flexibility index (Phi) is 6.21. The molecule has 2 rings (SSSR count). The van der Waals surface area contributed by atoms with E-state index in [1.54, 1.807) is 19.1 Å². The van der Waals surface area contributed by atoms with E-state index in [0.717, 1.165) is 11.1 Å². The van der Waals surface area contributed by atoms with Crippen molar-refractivity contribution in [1.29, 1.82) is 0 Å². The molecule has 0 radical (unpaired) electrons. The Hall–Kier alpha value is -3.48. The zero-order valence-electron chi connectivity index (χ0n) is 14.4. The number of amides is 1. The van der Waals surface area contributed by atoms with Crippen LogP contribution >= 0.6 is 0 Å². The first kappa shape index (κ1) is 18.9. The number of nitrogens with one attached hydrogen (secondary N) is 1. The van der Waals surface area contributed by atoms with E-state index in [0.29, 0.717) is 5.56 Å². The molecule has 0 bridgehead atoms. The van der Waals surface area contributed by atoms with Crippen molar-refractivity contribution in [3.8, 4) is 0 Å². The summed E-state index contributed by atoms with van der Waals surface area (Å²) in [7, 11) is 0. The van der Waals surface area contributed by atoms with E-state index in [1.807, 2.05) is 31.2 Å². The van der Waals surface area contributed by atoms with Crippen molar-refractivity contribution < 1.29 is 19.2 Å². The lowest BCUT2D eigenvalue weighted by atomic mass is 10.1. The topological polar surface area (TPSA) is 98.5 Å². The van der Waals surface area contributed by atoms with E-state index < -0.39 is 23.4 Å². The Morgan fingerprint density at radius 2 is 1.81 bits per heavy atom. The van der Waals surface area contributed by atoms with Gasteiger partial charge in [-0.2, -0.15) is 0 Å². The van der Waals surface area contributed by atoms with E-state index in [4.69, 9.17) is 4.74 Å². The van der Waals surface area contributed by atoms with Gasteiger partial charge in [0.15, 0.2) is 6.61 Å². The number of aryl methyl sites for hydroxylation is 2. The van der Waals surface area contributed by atoms with E-state index in [1.165, 1.54) is 18.2 Å². The molecule has 2 aromatic carbocycles. The molecule has 0 saturated heterocycles. The Bertz CT molecular complexity index is 874. The quantitative estimate of drug-likeness (QED) is 0.371. The Labute approximate surface area is 150 Å². The molecule has 0 atom stereocenters. The minimum absolute atomic E-state index is 0.0917. The molecule has 1 amide bonds. The molecule has 0 aliphatic carbocycles. The van der Waals surface area contributed by atoms with Gasteiger partial charge >= 0.3 is 5.97 Å². The highest BCUT2D eigenvalue weighted by molar-refractivity contribution is 5.96. The van der Waals surface area contributed by atoms with Gasteiger partial charge in [-0.3, -0.25) is 14.9 Å². The zero-order valence-corrected chi connectivity index (χ0v) is 14.4. The maximum atomic E-state index is 11.9. The van der Waals surface area contributed by atoms with Gasteiger partial charge in [-0.1, -0.05) is 36.4 Å². The third-order valence-electron chi connectivity index (χ3n) is 3.64. The van der Waals surface area contributed by atoms with Crippen LogP contribution < -0.4 is 5.32 Å². The normalized spacial score (nSPS) is 10.5. The predicted molar refractivity (Wildman–Crippen MR) is 97.6 cm³/mol. The molecule has 0 aliphatic heterocycles. The fourth-order valence-corrected chi connectivity index (χ4v) is 2.26. The smallest absolute Gasteiger partial charge is 0.331 e. The summed E-state index contributed by atoms with van der Waals surface area (Å²) in [5, 5.41) is 13.4. The second-order valence-electron chi connectivity index (χ2n) is 5.57. The molecule has 26 heavy (non-hydrogen) atoms. The Morgan fingerprint density at radius 1 is 1.12 bits per heavy atom. The SMILES string of the molecule is Cc1ccccc1/C=C/C(=O)OCC(=O)Nc1c(C)cccc1[N+](=O)[O-]. The van der Waals surface area contributed by atoms with Gasteiger partial charge in [0.05, 0.1) is 4.92 Å². The Balaban J connectivity index is 1.94. The molecule has 0 spiro atoms. The predicted octanol–water partition coefficient (Wildman–Crippen LogP) is 3.41. The van der Waals surface area contributed by atoms with Crippen molar-refractivity contribution in [3.63, 3.8) is 0 Å². The number of rotatable bonds is 6. The van der Waals surface area contributed by atoms with Crippen molar-refractivity contribution >= 4 is 29.3 Å². The molecule has 2 aromatic rings. The maximum absolute atomic E-state index is 11.9. The largest absolute Gasteiger partial charge is 0.452 e. The van der Waals surface area contributed by atoms with Gasteiger partial charge < -0.3 is 10.1 Å². The lowest BCUT2D eigenvalue weighted by Crippen LogP contribution is -2.21. The van der Waals surface area contributed by atoms with E-state index in [9.17, 15) is 19.7 Å². The van der Waals surface area contributed by atoms with E-state index in [-0.39, 0.29) is 11.4 Å². The van der Waals surface area contributed by atoms with Crippen LogP contribution in [0.3, 0.4) is 0 Å². The van der Waals surface area contributed by atoms with Crippen LogP contribution in [0, 0.1) is 24.0 Å². The van der Waals surface area contributed by atoms with Crippen LogP contribution in [-0.2, 0) is 14.3 Å². The van der Waals surface area contributed by atoms with Gasteiger partial charge in [-0.25, -0.2) is 4.79 Å². The summed E-state index contributed by atoms with van der Waals surface area (Å²) < 4.78 is 4.87. The molecule has 0 aromatic heterocycles. The van der Waals surface area contributed by atoms with E-state index >= 15 is 0 Å². The number of carbonyl (C=O) groups excluding carboxylic acids is 2. The fraction of sp³-hybridized carbons (Fsp3) is 0.158. The van der Waals surface area contributed by atoms with Crippen molar-refractivity contribution in [1.82, 2.24) is 0 Å². The molecular formula is C19H18N2O5. The number of nitro benzene ring substituents is 1. The molecule has 134 valence electrons. The lowest BCUT2D eigenvalue weighted by Gasteiger charge is -2.08. The number of anilines is 1. The number of esters is 1. The van der Waals surface area contributed by atoms with Crippen LogP contribution in [0.1, 0.15) is 16.7 Å². The van der Waals surface area contributed by atoms with Crippen molar-refractivity contribution in [3.05, 3.63) is 75.3 Å². The molecule has 1 N–H and O–H groups in total. The fourth-order valence-electron chi connectivity index (χ4n) is 2.26. The number of hydrogen-bond donors (Lipinski definition) is 1. The minimum atomic E-state index is -0.678. The van der Waals surface area contributed by atoms with E-state index in [2.05, 4.69) is 5.32 Å². The molecule has 7 nitrogen and oxygen atoms in total. The first-order valence-electron chi connectivity index (χ1n) is 7.83. The van der Waals surface area contributed by atoms with Gasteiger partial charge in [0.2, 0.25) is 0 Å². The maximum Gasteiger partial charge on any atom is 0.331 e. The first-order chi connectivity index (χ1) is 12.4. The van der Waals surface area contributed by atoms with Gasteiger partial charge in [0, 0.05) is 12.1 Å². The molecule has 0 saturated carbocycles. The van der Waals surface area contributed by atoms with Gasteiger partial charge in [-0.05, 0) is 36.6 Å². The average molecular weight is 354 g/mol. The lowest BCUT2D eigenvalue weighted by molar-refractivity contribution is -0.384. The molecule has 0 unspecified atom stereocenters. The number of carbonyl (C=O) groups is 2. The third kappa shape index (κ3) is 5.01. The third-order valence-corrected chi connectivity index (χ3v) is 3.64. The van der Waals surface area contributed by atoms with Crippen molar-refractivity contribution in [2.75, 3.05) is 11.9 Å². The summed E-state index contributed by atoms with van der Waals surface area (Å²) in [5.74, 6) is -1.33. The summed E-state index contributed by atoms with van der Waals surface area (Å²) >= 11 is 0. The number of ether oxygens (including phenoxy) is 1. The summed E-state index contributed by atoms with van der Waals surface area (Å²) in [6, 6.07) is 12.0. The molecule has 0 fully saturated rings. The molecular weight excluding hydrogens is 336 g/mol. The Morgan fingerprint density at radius 3 is 2.50 bits per heavy atom. The van der Waals surface area contributed by atoms with Crippen LogP contribution in [0.25, 0.3) is 6.08 Å². The second-order valence-corrected chi connectivity index (χ2v) is 5.57. The number of hydrogen-bond acceptors (Lipinski definition) is 5. The number of para-hydroxylation sites is 1. The highest BCUT2D eigenvalue weighted by Crippen LogP contribution is 2.27. The van der Waals surface area contributed by atoms with Gasteiger partial charge in [0.25, 0.3) is 11.6 Å². The van der Waals surface area contributed by atoms with Crippen LogP contribution in [-0.4, -0.2) is 23.4 Å². The van der Waals surface area contributed by atoms with Crippen LogP contribution in [0.15, 0.2) is 48.5 Å². The summed E-state index contributed by atoms with van der Waals surface area (Å²) in [6.07, 6.45) is 2.83. The summed E-state index contributed by atoms with van der Waals surface area (Å²) in [4.78, 5) is 34.1. The number of nitro groups is 1. The van der Waals surface area contributed by atoms with Gasteiger partial charge in [0.1, 0.15) is 5.69 Å². The monoisotopic (exact) mass is 354 g/mol. The second kappa shape index (κ2) is 8.57. The van der Waals surface area contributed by atoms with Crippen molar-refractivity contribution in [2.45, 2.75) is 13.8 Å². The number of benzene rings is 2. The zero-order chi connectivity index (χ0) is 19.1. The highest BCUT2D eigenvalue weighted by Gasteiger charge is 2.18. The first-order valence-corrected chi connectivity index (χ1v) is 7.83. The highest BCUT2D eigenvalue weighted by atomic mass is 16.6. The minimum Gasteiger partial charge on any atom is -0.452 e. The summed E-state index contributed by atoms with van der Waals surface area (Å²) in [6.45, 7) is 3.01. The molecule has 0 heterocycles. The molecule has 7 heteroatoms. The summed E-state index contributed by atoms with van der Waals surface area (Å²) in [5.41, 5.74) is 2.28. The van der Waals surface area contributed by atoms with Crippen LogP contribution in [0.2, 0.25) is 0 Å². The standard InChI is InChI=1S/C19H18N2O5/c1-13-6-3-4-8-15(13)10-11-18(23)26-12-17(22)20-19-14(2)7-5-9-16(19)21(24)25/h3-11H,12H2,1-2H3,(H,20,22)/b11-10+. The number of nitrogens with zero attached hydrogens (tertiary/aromatic N) is 1. The van der Waals surface area contributed by atoms with Crippen LogP contribution in [0.5, 0.6) is 0 Å². The average Bonchev–Trinajstić information content (AvgIpc) is 2.60. The van der Waals surface area contributed by atoms with Gasteiger partial charge in [-0.15, -0.1) is 0 Å². The van der Waals surface area contributed by atoms with Crippen molar-refractivity contribution in [2.24, 2.45) is 0 Å². The molecule has 0 aliphatic rings.